The number of fused-ring (bicyclic) bond motifs is 2. The summed E-state index contributed by atoms with van der Waals surface area (Å²) in [7, 11) is 3.28. The van der Waals surface area contributed by atoms with Crippen LogP contribution >= 0.6 is 0 Å². The van der Waals surface area contributed by atoms with Crippen LogP contribution in [-0.4, -0.2) is 20.1 Å². The Morgan fingerprint density at radius 3 is 2.42 bits per heavy atom. The van der Waals surface area contributed by atoms with E-state index in [1.54, 1.807) is 26.6 Å². The topological polar surface area (TPSA) is 60.7 Å². The van der Waals surface area contributed by atoms with Crippen LogP contribution in [0.25, 0.3) is 38.4 Å². The molecular weight excluding hydrogens is 450 g/mol. The summed E-state index contributed by atoms with van der Waals surface area (Å²) in [6.45, 7) is 3.88. The highest BCUT2D eigenvalue weighted by Crippen LogP contribution is 2.41. The zero-order valence-electron chi connectivity index (χ0n) is 20.7. The van der Waals surface area contributed by atoms with Crippen LogP contribution in [0.15, 0.2) is 89.6 Å². The number of anilines is 1. The van der Waals surface area contributed by atoms with Gasteiger partial charge in [0.25, 0.3) is 0 Å². The van der Waals surface area contributed by atoms with Gasteiger partial charge in [-0.05, 0) is 54.6 Å². The molecule has 0 unspecified atom stereocenters. The molecule has 0 radical (unpaired) electrons. The summed E-state index contributed by atoms with van der Waals surface area (Å²) in [5.74, 6) is 1.28. The minimum Gasteiger partial charge on any atom is -0.497 e. The number of allylic oxidation sites excluding steroid dienone is 1. The van der Waals surface area contributed by atoms with Crippen LogP contribution in [0.1, 0.15) is 18.1 Å². The Hall–Kier alpha value is -4.51. The fourth-order valence-electron chi connectivity index (χ4n) is 4.64. The summed E-state index contributed by atoms with van der Waals surface area (Å²) in [5, 5.41) is 6.06. The van der Waals surface area contributed by atoms with Crippen molar-refractivity contribution in [1.82, 2.24) is 0 Å². The maximum Gasteiger partial charge on any atom is 0.248 e. The lowest BCUT2D eigenvalue weighted by atomic mass is 9.96. The molecule has 1 N–H and O–H groups in total. The maximum atomic E-state index is 13.0. The first-order chi connectivity index (χ1) is 17.5. The minimum atomic E-state index is -0.203. The smallest absolute Gasteiger partial charge is 0.248 e. The number of carbonyl (C=O) groups excluding carboxylic acids is 1. The number of rotatable bonds is 6. The number of carbonyl (C=O) groups is 1. The van der Waals surface area contributed by atoms with Gasteiger partial charge in [0.15, 0.2) is 0 Å². The summed E-state index contributed by atoms with van der Waals surface area (Å²) in [6, 6.07) is 23.7. The van der Waals surface area contributed by atoms with Gasteiger partial charge in [0.1, 0.15) is 17.1 Å². The van der Waals surface area contributed by atoms with Gasteiger partial charge in [-0.15, -0.1) is 0 Å². The monoisotopic (exact) mass is 477 g/mol. The molecule has 5 aromatic rings. The molecule has 0 saturated carbocycles. The first kappa shape index (κ1) is 23.2. The van der Waals surface area contributed by atoms with E-state index in [0.29, 0.717) is 5.75 Å². The van der Waals surface area contributed by atoms with Crippen molar-refractivity contribution in [2.75, 3.05) is 19.5 Å². The Bertz CT molecular complexity index is 1600. The average Bonchev–Trinajstić information content (AvgIpc) is 3.33. The predicted molar refractivity (Wildman–Crippen MR) is 146 cm³/mol. The van der Waals surface area contributed by atoms with Crippen molar-refractivity contribution in [3.05, 3.63) is 96.3 Å². The molecule has 0 saturated heterocycles. The van der Waals surface area contributed by atoms with Gasteiger partial charge in [0.2, 0.25) is 5.91 Å². The van der Waals surface area contributed by atoms with Gasteiger partial charge >= 0.3 is 0 Å². The highest BCUT2D eigenvalue weighted by atomic mass is 16.5. The number of ether oxygens (including phenoxy) is 2. The SMILES string of the molecule is COc1ccc(-c2coc3c(C)c(OC)c(/C(C)=C/C(=O)Nc4cccc5ccccc45)cc23)cc1. The second kappa shape index (κ2) is 9.62. The lowest BCUT2D eigenvalue weighted by molar-refractivity contribution is -0.111. The number of hydrogen-bond acceptors (Lipinski definition) is 4. The molecule has 4 aromatic carbocycles. The highest BCUT2D eigenvalue weighted by molar-refractivity contribution is 6.09. The molecular formula is C31H27NO4. The average molecular weight is 478 g/mol. The minimum absolute atomic E-state index is 0.203. The van der Waals surface area contributed by atoms with Crippen molar-refractivity contribution in [1.29, 1.82) is 0 Å². The van der Waals surface area contributed by atoms with E-state index < -0.39 is 0 Å². The highest BCUT2D eigenvalue weighted by Gasteiger charge is 2.19. The molecule has 1 heterocycles. The van der Waals surface area contributed by atoms with Crippen molar-refractivity contribution < 1.29 is 18.7 Å². The van der Waals surface area contributed by atoms with Crippen LogP contribution in [-0.2, 0) is 4.79 Å². The number of benzene rings is 4. The summed E-state index contributed by atoms with van der Waals surface area (Å²) < 4.78 is 17.0. The zero-order valence-corrected chi connectivity index (χ0v) is 20.7. The molecule has 0 atom stereocenters. The van der Waals surface area contributed by atoms with Crippen LogP contribution in [0.4, 0.5) is 5.69 Å². The first-order valence-electron chi connectivity index (χ1n) is 11.7. The van der Waals surface area contributed by atoms with Crippen molar-refractivity contribution >= 4 is 38.9 Å². The largest absolute Gasteiger partial charge is 0.497 e. The Kier molecular flexibility index (Phi) is 6.21. The number of nitrogens with one attached hydrogen (secondary N) is 1. The lowest BCUT2D eigenvalue weighted by Crippen LogP contribution is -2.09. The summed E-state index contributed by atoms with van der Waals surface area (Å²) in [5.41, 5.74) is 6.02. The second-order valence-electron chi connectivity index (χ2n) is 8.68. The van der Waals surface area contributed by atoms with Crippen LogP contribution < -0.4 is 14.8 Å². The predicted octanol–water partition coefficient (Wildman–Crippen LogP) is 7.62. The number of hydrogen-bond donors (Lipinski definition) is 1. The number of furan rings is 1. The van der Waals surface area contributed by atoms with E-state index in [1.807, 2.05) is 86.6 Å². The van der Waals surface area contributed by atoms with Crippen LogP contribution in [0, 0.1) is 6.92 Å². The molecule has 0 aliphatic rings. The van der Waals surface area contributed by atoms with E-state index >= 15 is 0 Å². The van der Waals surface area contributed by atoms with Gasteiger partial charge < -0.3 is 19.2 Å². The molecule has 0 aliphatic carbocycles. The molecule has 0 bridgehead atoms. The summed E-state index contributed by atoms with van der Waals surface area (Å²) >= 11 is 0. The number of methoxy groups -OCH3 is 2. The third kappa shape index (κ3) is 4.20. The van der Waals surface area contributed by atoms with E-state index in [2.05, 4.69) is 5.32 Å². The zero-order chi connectivity index (χ0) is 25.2. The maximum absolute atomic E-state index is 13.0. The Balaban J connectivity index is 1.54. The van der Waals surface area contributed by atoms with Crippen molar-refractivity contribution in [3.8, 4) is 22.6 Å². The fourth-order valence-corrected chi connectivity index (χ4v) is 4.64. The van der Waals surface area contributed by atoms with E-state index in [0.717, 1.165) is 61.0 Å². The molecule has 0 fully saturated rings. The lowest BCUT2D eigenvalue weighted by Gasteiger charge is -2.14. The molecule has 1 aromatic heterocycles. The fraction of sp³-hybridized carbons (Fsp3) is 0.129. The van der Waals surface area contributed by atoms with Crippen LogP contribution in [0.5, 0.6) is 11.5 Å². The second-order valence-corrected chi connectivity index (χ2v) is 8.68. The molecule has 5 heteroatoms. The Labute approximate surface area is 210 Å². The van der Waals surface area contributed by atoms with E-state index in [4.69, 9.17) is 13.9 Å². The standard InChI is InChI=1S/C31H27NO4/c1-19(16-29(33)32-28-11-7-9-21-8-5-6-10-24(21)28)25-17-26-27(22-12-14-23(34-3)15-13-22)18-36-31(26)20(2)30(25)35-4/h5-18H,1-4H3,(H,32,33)/b19-16+. The molecule has 5 rings (SSSR count). The first-order valence-corrected chi connectivity index (χ1v) is 11.7. The molecule has 180 valence electrons. The van der Waals surface area contributed by atoms with Gasteiger partial charge in [-0.3, -0.25) is 4.79 Å². The van der Waals surface area contributed by atoms with Crippen LogP contribution in [0.3, 0.4) is 0 Å². The van der Waals surface area contributed by atoms with Gasteiger partial charge in [0.05, 0.1) is 20.5 Å². The summed E-state index contributed by atoms with van der Waals surface area (Å²) in [4.78, 5) is 13.0. The molecule has 5 nitrogen and oxygen atoms in total. The van der Waals surface area contributed by atoms with E-state index in [1.165, 1.54) is 0 Å². The van der Waals surface area contributed by atoms with E-state index in [9.17, 15) is 4.79 Å². The third-order valence-electron chi connectivity index (χ3n) is 6.47. The van der Waals surface area contributed by atoms with Gasteiger partial charge in [-0.25, -0.2) is 0 Å². The van der Waals surface area contributed by atoms with Gasteiger partial charge in [-0.2, -0.15) is 0 Å². The molecule has 1 amide bonds. The van der Waals surface area contributed by atoms with Crippen molar-refractivity contribution in [2.45, 2.75) is 13.8 Å². The Morgan fingerprint density at radius 2 is 1.67 bits per heavy atom. The molecule has 0 aliphatic heterocycles. The molecule has 36 heavy (non-hydrogen) atoms. The van der Waals surface area contributed by atoms with Gasteiger partial charge in [-0.1, -0.05) is 48.5 Å². The van der Waals surface area contributed by atoms with E-state index in [-0.39, 0.29) is 5.91 Å². The van der Waals surface area contributed by atoms with Gasteiger partial charge in [0, 0.05) is 39.2 Å². The molecule has 0 spiro atoms. The van der Waals surface area contributed by atoms with Crippen LogP contribution in [0.2, 0.25) is 0 Å². The quantitative estimate of drug-likeness (QED) is 0.256. The number of aryl methyl sites for hydroxylation is 1. The third-order valence-corrected chi connectivity index (χ3v) is 6.47. The van der Waals surface area contributed by atoms with Crippen molar-refractivity contribution in [3.63, 3.8) is 0 Å². The normalized spacial score (nSPS) is 11.6. The summed E-state index contributed by atoms with van der Waals surface area (Å²) in [6.07, 6.45) is 3.37. The Morgan fingerprint density at radius 1 is 0.917 bits per heavy atom. The number of amides is 1. The van der Waals surface area contributed by atoms with Crippen molar-refractivity contribution in [2.24, 2.45) is 0 Å².